The van der Waals surface area contributed by atoms with Crippen molar-refractivity contribution >= 4 is 5.91 Å². The number of amides is 1. The molecule has 26 heavy (non-hydrogen) atoms. The van der Waals surface area contributed by atoms with Crippen molar-refractivity contribution in [2.45, 2.75) is 18.9 Å². The van der Waals surface area contributed by atoms with E-state index in [1.807, 2.05) is 36.4 Å². The molecule has 1 aromatic carbocycles. The minimum Gasteiger partial charge on any atom is -0.472 e. The third kappa shape index (κ3) is 3.83. The Hall–Kier alpha value is -3.35. The number of benzene rings is 1. The predicted molar refractivity (Wildman–Crippen MR) is 95.0 cm³/mol. The third-order valence-corrected chi connectivity index (χ3v) is 4.12. The smallest absolute Gasteiger partial charge is 0.220 e. The molecule has 1 aliphatic heterocycles. The van der Waals surface area contributed by atoms with Gasteiger partial charge in [-0.3, -0.25) is 9.89 Å². The zero-order valence-electron chi connectivity index (χ0n) is 14.0. The van der Waals surface area contributed by atoms with Crippen LogP contribution < -0.4 is 14.8 Å². The highest BCUT2D eigenvalue weighted by atomic mass is 16.5. The molecule has 1 unspecified atom stereocenters. The average molecular weight is 350 g/mol. The number of aromatic amines is 1. The van der Waals surface area contributed by atoms with Gasteiger partial charge in [0.2, 0.25) is 11.8 Å². The zero-order chi connectivity index (χ0) is 17.8. The lowest BCUT2D eigenvalue weighted by Gasteiger charge is -2.22. The molecule has 1 aliphatic rings. The van der Waals surface area contributed by atoms with Crippen LogP contribution in [-0.4, -0.2) is 33.7 Å². The van der Waals surface area contributed by atoms with Crippen LogP contribution in [0.2, 0.25) is 0 Å². The Morgan fingerprint density at radius 1 is 1.04 bits per heavy atom. The van der Waals surface area contributed by atoms with Crippen molar-refractivity contribution in [3.05, 3.63) is 54.9 Å². The highest BCUT2D eigenvalue weighted by molar-refractivity contribution is 5.76. The maximum Gasteiger partial charge on any atom is 0.220 e. The summed E-state index contributed by atoms with van der Waals surface area (Å²) in [4.78, 5) is 15.4. The number of ether oxygens (including phenoxy) is 2. The first-order valence-electron chi connectivity index (χ1n) is 8.43. The van der Waals surface area contributed by atoms with Gasteiger partial charge in [-0.25, -0.2) is 4.98 Å². The van der Waals surface area contributed by atoms with Crippen LogP contribution in [-0.2, 0) is 4.79 Å². The molecule has 3 heterocycles. The fraction of sp³-hybridized carbons (Fsp3) is 0.211. The van der Waals surface area contributed by atoms with Crippen molar-refractivity contribution < 1.29 is 14.3 Å². The Bertz CT molecular complexity index is 851. The molecule has 1 amide bonds. The van der Waals surface area contributed by atoms with Gasteiger partial charge in [-0.05, 0) is 48.4 Å². The second kappa shape index (κ2) is 7.26. The van der Waals surface area contributed by atoms with E-state index in [0.29, 0.717) is 31.0 Å². The number of aromatic nitrogens is 3. The van der Waals surface area contributed by atoms with Crippen LogP contribution in [0.25, 0.3) is 11.3 Å². The second-order valence-corrected chi connectivity index (χ2v) is 6.01. The SMILES string of the molecule is O=C1CCC(Oc2ccc(Oc3ccc(-c4ccn[nH]4)cc3)cn2)CN1. The van der Waals surface area contributed by atoms with Gasteiger partial charge < -0.3 is 14.8 Å². The first kappa shape index (κ1) is 16.1. The fourth-order valence-corrected chi connectivity index (χ4v) is 2.73. The molecule has 0 bridgehead atoms. The van der Waals surface area contributed by atoms with E-state index >= 15 is 0 Å². The van der Waals surface area contributed by atoms with Gasteiger partial charge in [0.25, 0.3) is 0 Å². The normalized spacial score (nSPS) is 16.8. The molecule has 2 aromatic heterocycles. The van der Waals surface area contributed by atoms with Gasteiger partial charge in [-0.15, -0.1) is 0 Å². The highest BCUT2D eigenvalue weighted by Gasteiger charge is 2.19. The van der Waals surface area contributed by atoms with Gasteiger partial charge in [0.05, 0.1) is 18.4 Å². The quantitative estimate of drug-likeness (QED) is 0.738. The Balaban J connectivity index is 1.36. The molecule has 2 N–H and O–H groups in total. The molecular formula is C19H18N4O3. The summed E-state index contributed by atoms with van der Waals surface area (Å²) in [5.41, 5.74) is 2.00. The Labute approximate surface area is 150 Å². The number of H-pyrrole nitrogens is 1. The van der Waals surface area contributed by atoms with Crippen molar-refractivity contribution in [2.75, 3.05) is 6.54 Å². The van der Waals surface area contributed by atoms with Crippen LogP contribution in [0, 0.1) is 0 Å². The highest BCUT2D eigenvalue weighted by Crippen LogP contribution is 2.25. The Morgan fingerprint density at radius 2 is 1.88 bits per heavy atom. The number of carbonyl (C=O) groups is 1. The Kier molecular flexibility index (Phi) is 4.51. The molecule has 0 radical (unpaired) electrons. The molecule has 3 aromatic rings. The van der Waals surface area contributed by atoms with Gasteiger partial charge in [0, 0.05) is 18.7 Å². The molecular weight excluding hydrogens is 332 g/mol. The lowest BCUT2D eigenvalue weighted by atomic mass is 10.1. The molecule has 1 atom stereocenters. The summed E-state index contributed by atoms with van der Waals surface area (Å²) in [5, 5.41) is 9.66. The molecule has 0 spiro atoms. The maximum absolute atomic E-state index is 11.2. The summed E-state index contributed by atoms with van der Waals surface area (Å²) in [6.07, 6.45) is 4.49. The van der Waals surface area contributed by atoms with E-state index in [0.717, 1.165) is 17.0 Å². The summed E-state index contributed by atoms with van der Waals surface area (Å²) in [6.45, 7) is 0.515. The van der Waals surface area contributed by atoms with Crippen molar-refractivity contribution in [1.29, 1.82) is 0 Å². The van der Waals surface area contributed by atoms with Gasteiger partial charge in [-0.1, -0.05) is 0 Å². The van der Waals surface area contributed by atoms with Crippen LogP contribution in [0.15, 0.2) is 54.9 Å². The molecule has 7 nitrogen and oxygen atoms in total. The molecule has 0 aliphatic carbocycles. The lowest BCUT2D eigenvalue weighted by molar-refractivity contribution is -0.123. The van der Waals surface area contributed by atoms with Crippen LogP contribution in [0.5, 0.6) is 17.4 Å². The van der Waals surface area contributed by atoms with Gasteiger partial charge in [-0.2, -0.15) is 5.10 Å². The number of rotatable bonds is 5. The number of piperidine rings is 1. The topological polar surface area (TPSA) is 89.1 Å². The maximum atomic E-state index is 11.2. The van der Waals surface area contributed by atoms with Gasteiger partial charge in [0.15, 0.2) is 0 Å². The van der Waals surface area contributed by atoms with E-state index in [1.165, 1.54) is 0 Å². The lowest BCUT2D eigenvalue weighted by Crippen LogP contribution is -2.40. The monoisotopic (exact) mass is 350 g/mol. The number of hydrogen-bond donors (Lipinski definition) is 2. The van der Waals surface area contributed by atoms with Gasteiger partial charge in [0.1, 0.15) is 17.6 Å². The summed E-state index contributed by atoms with van der Waals surface area (Å²) in [7, 11) is 0. The second-order valence-electron chi connectivity index (χ2n) is 6.01. The first-order chi connectivity index (χ1) is 12.8. The summed E-state index contributed by atoms with van der Waals surface area (Å²) < 4.78 is 11.6. The number of carbonyl (C=O) groups excluding carboxylic acids is 1. The summed E-state index contributed by atoms with van der Waals surface area (Å²) in [6, 6.07) is 13.2. The predicted octanol–water partition coefficient (Wildman–Crippen LogP) is 2.92. The largest absolute Gasteiger partial charge is 0.472 e. The van der Waals surface area contributed by atoms with Crippen molar-refractivity contribution in [3.63, 3.8) is 0 Å². The van der Waals surface area contributed by atoms with Crippen LogP contribution in [0.3, 0.4) is 0 Å². The number of nitrogens with zero attached hydrogens (tertiary/aromatic N) is 2. The van der Waals surface area contributed by atoms with Gasteiger partial charge >= 0.3 is 0 Å². The minimum absolute atomic E-state index is 0.0398. The Morgan fingerprint density at radius 3 is 2.54 bits per heavy atom. The van der Waals surface area contributed by atoms with Crippen molar-refractivity contribution in [1.82, 2.24) is 20.5 Å². The summed E-state index contributed by atoms with van der Waals surface area (Å²) >= 11 is 0. The van der Waals surface area contributed by atoms with Crippen LogP contribution in [0.4, 0.5) is 0 Å². The molecule has 7 heteroatoms. The standard InChI is InChI=1S/C19H18N4O3/c24-18-7-5-16(11-20-18)26-19-8-6-15(12-21-19)25-14-3-1-13(2-4-14)17-9-10-22-23-17/h1-4,6,8-10,12,16H,5,7,11H2,(H,20,24)(H,22,23). The molecule has 132 valence electrons. The van der Waals surface area contributed by atoms with E-state index in [-0.39, 0.29) is 12.0 Å². The van der Waals surface area contributed by atoms with Crippen LogP contribution >= 0.6 is 0 Å². The van der Waals surface area contributed by atoms with E-state index in [9.17, 15) is 4.79 Å². The van der Waals surface area contributed by atoms with E-state index < -0.39 is 0 Å². The van der Waals surface area contributed by atoms with E-state index in [4.69, 9.17) is 9.47 Å². The number of hydrogen-bond acceptors (Lipinski definition) is 5. The fourth-order valence-electron chi connectivity index (χ4n) is 2.73. The average Bonchev–Trinajstić information content (AvgIpc) is 3.21. The molecule has 1 fully saturated rings. The first-order valence-corrected chi connectivity index (χ1v) is 8.43. The molecule has 0 saturated carbocycles. The molecule has 4 rings (SSSR count). The van der Waals surface area contributed by atoms with E-state index in [2.05, 4.69) is 20.5 Å². The summed E-state index contributed by atoms with van der Waals surface area (Å²) in [5.74, 6) is 1.94. The van der Waals surface area contributed by atoms with Crippen molar-refractivity contribution in [3.8, 4) is 28.6 Å². The van der Waals surface area contributed by atoms with Crippen molar-refractivity contribution in [2.24, 2.45) is 0 Å². The van der Waals surface area contributed by atoms with Crippen LogP contribution in [0.1, 0.15) is 12.8 Å². The van der Waals surface area contributed by atoms with E-state index in [1.54, 1.807) is 18.5 Å². The third-order valence-electron chi connectivity index (χ3n) is 4.12. The number of pyridine rings is 1. The zero-order valence-corrected chi connectivity index (χ0v) is 14.0. The number of nitrogens with one attached hydrogen (secondary N) is 2. The minimum atomic E-state index is -0.0398. The molecule has 1 saturated heterocycles.